The number of aliphatic hydroxyl groups is 1. The van der Waals surface area contributed by atoms with Crippen LogP contribution in [0.1, 0.15) is 17.5 Å². The summed E-state index contributed by atoms with van der Waals surface area (Å²) >= 11 is 0. The Morgan fingerprint density at radius 3 is 2.00 bits per heavy atom. The summed E-state index contributed by atoms with van der Waals surface area (Å²) in [4.78, 5) is 48.5. The summed E-state index contributed by atoms with van der Waals surface area (Å²) in [5.41, 5.74) is 9.00. The number of nitrogens with two attached hydrogens (primary N) is 2. The summed E-state index contributed by atoms with van der Waals surface area (Å²) in [5, 5.41) is 21.9. The molecule has 170 valence electrons. The molecule has 2 amide bonds. The Balaban J connectivity index is 2.22. The lowest BCUT2D eigenvalue weighted by Crippen LogP contribution is -2.61. The minimum Gasteiger partial charge on any atom is -0.478 e. The topological polar surface area (TPSA) is 182 Å². The number of carboxylic acid groups (broad SMARTS) is 1. The number of nitrogens with one attached hydrogen (secondary N) is 1. The lowest BCUT2D eigenvalue weighted by Gasteiger charge is -2.30. The van der Waals surface area contributed by atoms with Crippen LogP contribution in [0.4, 0.5) is 4.79 Å². The van der Waals surface area contributed by atoms with E-state index in [0.29, 0.717) is 11.1 Å². The number of primary amides is 1. The van der Waals surface area contributed by atoms with E-state index in [1.165, 1.54) is 0 Å². The highest BCUT2D eigenvalue weighted by Crippen LogP contribution is 2.22. The molecule has 0 saturated heterocycles. The second kappa shape index (κ2) is 11.0. The van der Waals surface area contributed by atoms with Crippen LogP contribution in [0.3, 0.4) is 0 Å². The van der Waals surface area contributed by atoms with Crippen molar-refractivity contribution in [1.29, 1.82) is 0 Å². The predicted molar refractivity (Wildman–Crippen MR) is 113 cm³/mol. The molecule has 0 heterocycles. The molecule has 0 aromatic heterocycles. The minimum atomic E-state index is -2.96. The van der Waals surface area contributed by atoms with Crippen LogP contribution in [0.2, 0.25) is 0 Å². The number of carbonyl (C=O) groups is 4. The number of alkyl carbamates (subject to hydrolysis) is 1. The molecule has 2 rings (SSSR count). The molecule has 32 heavy (non-hydrogen) atoms. The van der Waals surface area contributed by atoms with Gasteiger partial charge in [0.25, 0.3) is 0 Å². The molecule has 0 aliphatic carbocycles. The molecule has 0 aliphatic heterocycles. The lowest BCUT2D eigenvalue weighted by atomic mass is 9.82. The third-order valence-corrected chi connectivity index (χ3v) is 4.75. The van der Waals surface area contributed by atoms with E-state index >= 15 is 0 Å². The van der Waals surface area contributed by atoms with Crippen molar-refractivity contribution >= 4 is 23.8 Å². The lowest BCUT2D eigenvalue weighted by molar-refractivity contribution is -0.168. The first-order valence-electron chi connectivity index (χ1n) is 9.69. The molecular weight excluding hydrogens is 418 g/mol. The smallest absolute Gasteiger partial charge is 0.408 e. The zero-order valence-electron chi connectivity index (χ0n) is 17.1. The predicted octanol–water partition coefficient (Wildman–Crippen LogP) is 0.317. The molecular formula is C22H25N3O7. The van der Waals surface area contributed by atoms with Gasteiger partial charge < -0.3 is 26.0 Å². The summed E-state index contributed by atoms with van der Waals surface area (Å²) in [6.07, 6.45) is -1.92. The number of hydrogen-bond acceptors (Lipinski definition) is 7. The van der Waals surface area contributed by atoms with Crippen LogP contribution in [0, 0.1) is 5.92 Å². The van der Waals surface area contributed by atoms with E-state index in [0.717, 1.165) is 0 Å². The number of benzene rings is 2. The Labute approximate surface area is 184 Å². The highest BCUT2D eigenvalue weighted by molar-refractivity contribution is 5.97. The standard InChI is InChI=1S/C22H25N3O7/c23-18(26)12-17(25-21(30)32-13-15-9-5-2-6-10-15)19(27)16(22(24,31)20(28)29)11-14-7-3-1-4-8-14/h1-10,16-17,31H,11-13,24H2,(H2,23,26)(H,25,30)(H,28,29)/t16-,17+,22?/m1/s1. The van der Waals surface area contributed by atoms with Gasteiger partial charge in [0.15, 0.2) is 5.78 Å². The molecule has 0 radical (unpaired) electrons. The van der Waals surface area contributed by atoms with Gasteiger partial charge in [0.2, 0.25) is 11.6 Å². The summed E-state index contributed by atoms with van der Waals surface area (Å²) in [6, 6.07) is 15.4. The van der Waals surface area contributed by atoms with E-state index in [1.54, 1.807) is 60.7 Å². The number of rotatable bonds is 11. The molecule has 10 heteroatoms. The molecule has 1 unspecified atom stereocenters. The van der Waals surface area contributed by atoms with Crippen LogP contribution in [0.5, 0.6) is 0 Å². The third-order valence-electron chi connectivity index (χ3n) is 4.75. The van der Waals surface area contributed by atoms with Gasteiger partial charge >= 0.3 is 12.1 Å². The second-order valence-electron chi connectivity index (χ2n) is 7.20. The Morgan fingerprint density at radius 1 is 0.969 bits per heavy atom. The van der Waals surface area contributed by atoms with Crippen LogP contribution in [0.25, 0.3) is 0 Å². The molecule has 0 aliphatic rings. The largest absolute Gasteiger partial charge is 0.478 e. The van der Waals surface area contributed by atoms with Gasteiger partial charge in [0, 0.05) is 0 Å². The molecule has 0 bridgehead atoms. The molecule has 0 fully saturated rings. The Morgan fingerprint density at radius 2 is 1.50 bits per heavy atom. The van der Waals surface area contributed by atoms with Crippen LogP contribution in [-0.4, -0.2) is 45.7 Å². The maximum absolute atomic E-state index is 13.2. The van der Waals surface area contributed by atoms with Crippen LogP contribution in [0.15, 0.2) is 60.7 Å². The van der Waals surface area contributed by atoms with Crippen molar-refractivity contribution in [3.05, 3.63) is 71.8 Å². The van der Waals surface area contributed by atoms with E-state index in [4.69, 9.17) is 16.2 Å². The first-order chi connectivity index (χ1) is 15.1. The third kappa shape index (κ3) is 6.89. The molecule has 0 saturated carbocycles. The fraction of sp³-hybridized carbons (Fsp3) is 0.273. The zero-order valence-corrected chi connectivity index (χ0v) is 17.1. The number of ketones is 1. The fourth-order valence-electron chi connectivity index (χ4n) is 3.05. The minimum absolute atomic E-state index is 0.104. The van der Waals surface area contributed by atoms with Crippen LogP contribution < -0.4 is 16.8 Å². The van der Waals surface area contributed by atoms with Gasteiger partial charge in [-0.3, -0.25) is 15.3 Å². The van der Waals surface area contributed by atoms with E-state index < -0.39 is 47.9 Å². The van der Waals surface area contributed by atoms with Crippen LogP contribution >= 0.6 is 0 Å². The average Bonchev–Trinajstić information content (AvgIpc) is 2.76. The van der Waals surface area contributed by atoms with Gasteiger partial charge in [0.05, 0.1) is 12.3 Å². The van der Waals surface area contributed by atoms with Gasteiger partial charge in [-0.25, -0.2) is 9.59 Å². The summed E-state index contributed by atoms with van der Waals surface area (Å²) in [5.74, 6) is -5.43. The molecule has 7 N–H and O–H groups in total. The highest BCUT2D eigenvalue weighted by Gasteiger charge is 2.47. The summed E-state index contributed by atoms with van der Waals surface area (Å²) in [6.45, 7) is -0.104. The monoisotopic (exact) mass is 443 g/mol. The zero-order chi connectivity index (χ0) is 23.7. The first kappa shape index (κ1) is 24.5. The van der Waals surface area contributed by atoms with Crippen molar-refractivity contribution in [2.75, 3.05) is 0 Å². The molecule has 3 atom stereocenters. The van der Waals surface area contributed by atoms with Gasteiger partial charge in [-0.15, -0.1) is 0 Å². The van der Waals surface area contributed by atoms with Crippen molar-refractivity contribution in [3.8, 4) is 0 Å². The van der Waals surface area contributed by atoms with Gasteiger partial charge in [-0.2, -0.15) is 0 Å². The average molecular weight is 443 g/mol. The van der Waals surface area contributed by atoms with Crippen LogP contribution in [-0.2, 0) is 32.1 Å². The van der Waals surface area contributed by atoms with E-state index in [9.17, 15) is 29.4 Å². The Bertz CT molecular complexity index is 949. The number of carbonyl (C=O) groups excluding carboxylic acids is 3. The first-order valence-corrected chi connectivity index (χ1v) is 9.69. The number of hydrogen-bond donors (Lipinski definition) is 5. The van der Waals surface area contributed by atoms with Crippen molar-refractivity contribution in [2.45, 2.75) is 31.2 Å². The fourth-order valence-corrected chi connectivity index (χ4v) is 3.05. The molecule has 0 spiro atoms. The summed E-state index contributed by atoms with van der Waals surface area (Å²) < 4.78 is 5.06. The van der Waals surface area contributed by atoms with Crippen molar-refractivity contribution in [2.24, 2.45) is 17.4 Å². The number of aliphatic carboxylic acids is 1. The van der Waals surface area contributed by atoms with E-state index in [2.05, 4.69) is 5.32 Å². The summed E-state index contributed by atoms with van der Waals surface area (Å²) in [7, 11) is 0. The SMILES string of the molecule is NC(=O)C[C@H](NC(=O)OCc1ccccc1)C(=O)[C@@H](Cc1ccccc1)C(N)(O)C(=O)O. The van der Waals surface area contributed by atoms with Gasteiger partial charge in [0.1, 0.15) is 12.6 Å². The Hall–Kier alpha value is -3.76. The Kier molecular flexibility index (Phi) is 8.45. The van der Waals surface area contributed by atoms with Crippen molar-refractivity contribution in [3.63, 3.8) is 0 Å². The van der Waals surface area contributed by atoms with Crippen molar-refractivity contribution < 1.29 is 34.1 Å². The maximum atomic E-state index is 13.2. The number of Topliss-reactive ketones (excluding diaryl/α,β-unsaturated/α-hetero) is 1. The van der Waals surface area contributed by atoms with Crippen molar-refractivity contribution in [1.82, 2.24) is 5.32 Å². The maximum Gasteiger partial charge on any atom is 0.408 e. The number of ether oxygens (including phenoxy) is 1. The molecule has 2 aromatic carbocycles. The number of amides is 2. The number of carboxylic acids is 1. The van der Waals surface area contributed by atoms with Gasteiger partial charge in [-0.1, -0.05) is 60.7 Å². The quantitative estimate of drug-likeness (QED) is 0.308. The second-order valence-corrected chi connectivity index (χ2v) is 7.20. The van der Waals surface area contributed by atoms with Gasteiger partial charge in [-0.05, 0) is 17.5 Å². The molecule has 10 nitrogen and oxygen atoms in total. The van der Waals surface area contributed by atoms with E-state index in [1.807, 2.05) is 0 Å². The van der Waals surface area contributed by atoms with E-state index in [-0.39, 0.29) is 13.0 Å². The normalized spacial score (nSPS) is 14.4. The highest BCUT2D eigenvalue weighted by atomic mass is 16.5. The molecule has 2 aromatic rings.